The van der Waals surface area contributed by atoms with Gasteiger partial charge in [-0.1, -0.05) is 12.1 Å². The number of piperidine rings is 2. The SMILES string of the molecule is O=C1CCC(Nc2ccc(N3CCC(O)(CC(=O)N4CC5(C4)CN(c4ccc(-c6ccc7cn(C(C(=O)Nc8nccs8)c8ncn9c8CCC9)nc7c6F)cn4)C5)CC3)c(F)c2)C(=O)N1. The molecule has 17 nitrogen and oxygen atoms in total. The number of imidazole rings is 1. The molecule has 4 saturated heterocycles. The highest BCUT2D eigenvalue weighted by Crippen LogP contribution is 2.43. The van der Waals surface area contributed by atoms with Crippen molar-refractivity contribution in [2.24, 2.45) is 5.41 Å². The lowest BCUT2D eigenvalue weighted by atomic mass is 9.72. The van der Waals surface area contributed by atoms with E-state index in [4.69, 9.17) is 0 Å². The molecule has 20 heteroatoms. The molecule has 6 aromatic rings. The highest BCUT2D eigenvalue weighted by molar-refractivity contribution is 7.13. The Labute approximate surface area is 380 Å². The maximum Gasteiger partial charge on any atom is 0.257 e. The Morgan fingerprint density at radius 1 is 0.970 bits per heavy atom. The van der Waals surface area contributed by atoms with Gasteiger partial charge in [0.15, 0.2) is 17.0 Å². The predicted octanol–water partition coefficient (Wildman–Crippen LogP) is 4.49. The van der Waals surface area contributed by atoms with Crippen molar-refractivity contribution in [1.82, 2.24) is 39.5 Å². The van der Waals surface area contributed by atoms with E-state index in [2.05, 4.69) is 40.9 Å². The van der Waals surface area contributed by atoms with Crippen LogP contribution in [-0.2, 0) is 32.1 Å². The van der Waals surface area contributed by atoms with E-state index in [1.54, 1.807) is 59.5 Å². The summed E-state index contributed by atoms with van der Waals surface area (Å²) >= 11 is 1.30. The van der Waals surface area contributed by atoms with E-state index in [-0.39, 0.29) is 41.5 Å². The topological polar surface area (TPSA) is 196 Å². The van der Waals surface area contributed by atoms with Crippen LogP contribution in [0.1, 0.15) is 56.0 Å². The summed E-state index contributed by atoms with van der Waals surface area (Å²) in [4.78, 5) is 70.0. The Morgan fingerprint density at radius 3 is 2.55 bits per heavy atom. The standard InChI is InChI=1S/C46H46F2N12O5S/c47-31-18-29(52-32-7-10-36(61)53-42(32)63)5-8-33(31)56-15-11-46(65,12-16-56)19-37(62)59-24-45(25-59)22-58(23-45)35-9-4-27(20-50-35)30-6-3-28-21-60(55-39(28)38(30)48)41(43(64)54-44-49-13-17-66-44)40-34-2-1-14-57(34)26-51-40/h3-6,8-9,13,17-18,20-21,26,32,41,52,65H,1-2,7,10-12,14-16,19,22-25H2,(H,49,54,64)(H,53,61,63). The molecule has 1 spiro atoms. The van der Waals surface area contributed by atoms with E-state index >= 15 is 8.78 Å². The van der Waals surface area contributed by atoms with E-state index < -0.39 is 35.2 Å². The summed E-state index contributed by atoms with van der Waals surface area (Å²) in [6, 6.07) is 10.3. The molecule has 0 aliphatic carbocycles. The van der Waals surface area contributed by atoms with E-state index in [0.717, 1.165) is 30.9 Å². The third-order valence-electron chi connectivity index (χ3n) is 13.7. The number of hydrogen-bond donors (Lipinski definition) is 4. The van der Waals surface area contributed by atoms with Gasteiger partial charge >= 0.3 is 0 Å². The summed E-state index contributed by atoms with van der Waals surface area (Å²) in [7, 11) is 0. The number of anilines is 4. The number of carbonyl (C=O) groups excluding carboxylic acids is 4. The first-order valence-corrected chi connectivity index (χ1v) is 23.1. The highest BCUT2D eigenvalue weighted by atomic mass is 32.1. The van der Waals surface area contributed by atoms with Gasteiger partial charge in [0.1, 0.15) is 23.2 Å². The van der Waals surface area contributed by atoms with Crippen LogP contribution in [0.4, 0.5) is 31.1 Å². The fourth-order valence-electron chi connectivity index (χ4n) is 10.2. The molecule has 9 heterocycles. The molecular weight excluding hydrogens is 871 g/mol. The van der Waals surface area contributed by atoms with Gasteiger partial charge in [-0.3, -0.25) is 34.5 Å². The third-order valence-corrected chi connectivity index (χ3v) is 14.4. The van der Waals surface area contributed by atoms with Crippen molar-refractivity contribution >= 4 is 68.2 Å². The van der Waals surface area contributed by atoms with Crippen LogP contribution in [0.25, 0.3) is 22.0 Å². The molecule has 2 aromatic carbocycles. The monoisotopic (exact) mass is 916 g/mol. The Hall–Kier alpha value is -6.80. The zero-order chi connectivity index (χ0) is 45.3. The predicted molar refractivity (Wildman–Crippen MR) is 241 cm³/mol. The van der Waals surface area contributed by atoms with Crippen molar-refractivity contribution in [2.75, 3.05) is 59.7 Å². The first-order valence-electron chi connectivity index (χ1n) is 22.2. The molecule has 5 aliphatic heterocycles. The third kappa shape index (κ3) is 7.70. The lowest BCUT2D eigenvalue weighted by Gasteiger charge is -2.60. The van der Waals surface area contributed by atoms with Crippen molar-refractivity contribution in [3.63, 3.8) is 0 Å². The minimum absolute atomic E-state index is 0.000922. The van der Waals surface area contributed by atoms with E-state index in [1.807, 2.05) is 21.6 Å². The largest absolute Gasteiger partial charge is 0.389 e. The first kappa shape index (κ1) is 41.9. The summed E-state index contributed by atoms with van der Waals surface area (Å²) in [6.07, 6.45) is 9.57. The molecule has 0 saturated carbocycles. The van der Waals surface area contributed by atoms with Crippen LogP contribution < -0.4 is 25.8 Å². The Kier molecular flexibility index (Phi) is 10.3. The summed E-state index contributed by atoms with van der Waals surface area (Å²) in [5.41, 5.74) is 2.17. The number of benzene rings is 2. The number of nitrogens with one attached hydrogen (secondary N) is 3. The Morgan fingerprint density at radius 2 is 1.80 bits per heavy atom. The van der Waals surface area contributed by atoms with Gasteiger partial charge in [-0.25, -0.2) is 23.7 Å². The average Bonchev–Trinajstić information content (AvgIpc) is 4.10. The lowest BCUT2D eigenvalue weighted by molar-refractivity contribution is -0.151. The normalized spacial score (nSPS) is 20.2. The van der Waals surface area contributed by atoms with Crippen LogP contribution in [-0.4, -0.2) is 114 Å². The highest BCUT2D eigenvalue weighted by Gasteiger charge is 2.54. The smallest absolute Gasteiger partial charge is 0.257 e. The van der Waals surface area contributed by atoms with Crippen molar-refractivity contribution in [3.8, 4) is 11.1 Å². The van der Waals surface area contributed by atoms with Crippen LogP contribution in [0.5, 0.6) is 0 Å². The van der Waals surface area contributed by atoms with Gasteiger partial charge in [-0.15, -0.1) is 11.3 Å². The summed E-state index contributed by atoms with van der Waals surface area (Å²) < 4.78 is 35.1. The number of rotatable bonds is 11. The molecule has 2 atom stereocenters. The maximum atomic E-state index is 16.3. The number of imide groups is 1. The zero-order valence-electron chi connectivity index (χ0n) is 35.8. The van der Waals surface area contributed by atoms with E-state index in [0.29, 0.717) is 97.2 Å². The lowest BCUT2D eigenvalue weighted by Crippen LogP contribution is -2.73. The average molecular weight is 917 g/mol. The Balaban J connectivity index is 0.682. The van der Waals surface area contributed by atoms with Gasteiger partial charge in [-0.2, -0.15) is 5.10 Å². The minimum atomic E-state index is -1.19. The van der Waals surface area contributed by atoms with Gasteiger partial charge in [0.2, 0.25) is 17.7 Å². The molecule has 5 aliphatic rings. The molecule has 4 fully saturated rings. The number of carbonyl (C=O) groups is 4. The van der Waals surface area contributed by atoms with Crippen LogP contribution in [0, 0.1) is 17.0 Å². The number of aliphatic hydroxyl groups is 1. The number of halogens is 2. The number of likely N-dealkylation sites (tertiary alicyclic amines) is 1. The van der Waals surface area contributed by atoms with Crippen molar-refractivity contribution in [1.29, 1.82) is 0 Å². The minimum Gasteiger partial charge on any atom is -0.389 e. The number of aromatic nitrogens is 6. The van der Waals surface area contributed by atoms with Gasteiger partial charge < -0.3 is 29.7 Å². The van der Waals surface area contributed by atoms with Gasteiger partial charge in [0, 0.05) is 110 Å². The van der Waals surface area contributed by atoms with Crippen LogP contribution in [0.3, 0.4) is 0 Å². The van der Waals surface area contributed by atoms with Gasteiger partial charge in [-0.05, 0) is 62.4 Å². The maximum absolute atomic E-state index is 16.3. The van der Waals surface area contributed by atoms with Gasteiger partial charge in [0.05, 0.1) is 29.7 Å². The zero-order valence-corrected chi connectivity index (χ0v) is 36.6. The Bertz CT molecular complexity index is 2880. The summed E-state index contributed by atoms with van der Waals surface area (Å²) in [5.74, 6) is -1.45. The number of amides is 4. The van der Waals surface area contributed by atoms with Crippen molar-refractivity contribution in [2.45, 2.75) is 69.2 Å². The molecule has 11 rings (SSSR count). The second-order valence-corrected chi connectivity index (χ2v) is 19.2. The van der Waals surface area contributed by atoms with Gasteiger partial charge in [0.25, 0.3) is 5.91 Å². The van der Waals surface area contributed by atoms with Crippen LogP contribution in [0.15, 0.2) is 72.8 Å². The molecule has 4 aromatic heterocycles. The molecule has 4 N–H and O–H groups in total. The van der Waals surface area contributed by atoms with E-state index in [9.17, 15) is 24.3 Å². The summed E-state index contributed by atoms with van der Waals surface area (Å²) in [5, 5.41) is 27.0. The molecule has 340 valence electrons. The van der Waals surface area contributed by atoms with E-state index in [1.165, 1.54) is 22.1 Å². The fourth-order valence-corrected chi connectivity index (χ4v) is 10.7. The number of pyridine rings is 1. The molecule has 66 heavy (non-hydrogen) atoms. The number of nitrogens with zero attached hydrogens (tertiary/aromatic N) is 9. The fraction of sp³-hybridized carbons (Fsp3) is 0.391. The molecule has 4 amide bonds. The van der Waals surface area contributed by atoms with Crippen LogP contribution >= 0.6 is 11.3 Å². The first-order chi connectivity index (χ1) is 31.9. The van der Waals surface area contributed by atoms with Crippen molar-refractivity contribution < 1.29 is 33.1 Å². The number of thiazole rings is 1. The molecule has 2 unspecified atom stereocenters. The number of fused-ring (bicyclic) bond motifs is 2. The second kappa shape index (κ2) is 16.3. The number of hydrogen-bond acceptors (Lipinski definition) is 13. The van der Waals surface area contributed by atoms with Crippen LogP contribution in [0.2, 0.25) is 0 Å². The quantitative estimate of drug-likeness (QED) is 0.133. The molecule has 0 radical (unpaired) electrons. The molecule has 0 bridgehead atoms. The summed E-state index contributed by atoms with van der Waals surface area (Å²) in [6.45, 7) is 4.17. The number of aryl methyl sites for hydroxylation is 1. The van der Waals surface area contributed by atoms with Crippen molar-refractivity contribution in [3.05, 3.63) is 95.8 Å². The molecular formula is C46H46F2N12O5S. The second-order valence-electron chi connectivity index (χ2n) is 18.3.